The first-order valence-electron chi connectivity index (χ1n) is 9.68. The van der Waals surface area contributed by atoms with Gasteiger partial charge in [0.1, 0.15) is 5.76 Å². The highest BCUT2D eigenvalue weighted by Crippen LogP contribution is 2.43. The van der Waals surface area contributed by atoms with Crippen molar-refractivity contribution in [2.75, 3.05) is 4.90 Å². The van der Waals surface area contributed by atoms with Gasteiger partial charge in [-0.15, -0.1) is 0 Å². The van der Waals surface area contributed by atoms with Crippen molar-refractivity contribution in [1.29, 1.82) is 0 Å². The maximum absolute atomic E-state index is 13.2. The van der Waals surface area contributed by atoms with E-state index in [0.29, 0.717) is 21.8 Å². The smallest absolute Gasteiger partial charge is 0.300 e. The molecule has 0 radical (unpaired) electrons. The average molecular weight is 452 g/mol. The van der Waals surface area contributed by atoms with Crippen molar-refractivity contribution in [3.63, 3.8) is 0 Å². The molecule has 1 aliphatic heterocycles. The number of hydrogen-bond acceptors (Lipinski definition) is 3. The highest BCUT2D eigenvalue weighted by Gasteiger charge is 2.47. The molecule has 1 saturated heterocycles. The van der Waals surface area contributed by atoms with Crippen LogP contribution in [0.25, 0.3) is 5.76 Å². The molecule has 1 N–H and O–H groups in total. The van der Waals surface area contributed by atoms with Gasteiger partial charge in [0.25, 0.3) is 11.7 Å². The molecule has 0 bridgehead atoms. The normalized spacial score (nSPS) is 17.9. The Balaban J connectivity index is 1.98. The van der Waals surface area contributed by atoms with Crippen LogP contribution in [0.2, 0.25) is 10.0 Å². The minimum absolute atomic E-state index is 0.00972. The molecular weight excluding hydrogens is 433 g/mol. The van der Waals surface area contributed by atoms with Gasteiger partial charge in [0.2, 0.25) is 0 Å². The van der Waals surface area contributed by atoms with Gasteiger partial charge in [-0.05, 0) is 54.8 Å². The third-order valence-electron chi connectivity index (χ3n) is 5.38. The van der Waals surface area contributed by atoms with E-state index in [-0.39, 0.29) is 16.4 Å². The summed E-state index contributed by atoms with van der Waals surface area (Å²) in [7, 11) is 0. The zero-order valence-corrected chi connectivity index (χ0v) is 18.4. The van der Waals surface area contributed by atoms with Crippen molar-refractivity contribution < 1.29 is 14.7 Å². The van der Waals surface area contributed by atoms with Crippen LogP contribution in [0.3, 0.4) is 0 Å². The topological polar surface area (TPSA) is 57.6 Å². The number of halogens is 2. The quantitative estimate of drug-likeness (QED) is 0.291. The van der Waals surface area contributed by atoms with Gasteiger partial charge in [-0.1, -0.05) is 65.7 Å². The fourth-order valence-corrected chi connectivity index (χ4v) is 4.11. The Hall–Kier alpha value is -3.08. The number of hydrogen-bond donors (Lipinski definition) is 1. The standard InChI is InChI=1S/C25H19Cl2NO3/c1-14-8-9-15(2)20(12-14)28-22(16-6-4-3-5-7-16)21(24(30)25(28)31)23(29)17-10-11-18(26)19(27)13-17/h3-13,22,29H,1-2H3/b23-21-. The molecule has 0 saturated carbocycles. The summed E-state index contributed by atoms with van der Waals surface area (Å²) in [6, 6.07) is 18.7. The van der Waals surface area contributed by atoms with Crippen LogP contribution in [-0.2, 0) is 9.59 Å². The number of nitrogens with zero attached hydrogens (tertiary/aromatic N) is 1. The maximum atomic E-state index is 13.2. The van der Waals surface area contributed by atoms with Crippen LogP contribution in [-0.4, -0.2) is 16.8 Å². The Labute approximate surface area is 190 Å². The fourth-order valence-electron chi connectivity index (χ4n) is 3.81. The minimum atomic E-state index is -0.781. The van der Waals surface area contributed by atoms with Crippen LogP contribution < -0.4 is 4.90 Å². The van der Waals surface area contributed by atoms with Gasteiger partial charge in [-0.25, -0.2) is 0 Å². The molecule has 0 spiro atoms. The Bertz CT molecular complexity index is 1230. The molecule has 1 unspecified atom stereocenters. The molecule has 0 aromatic heterocycles. The lowest BCUT2D eigenvalue weighted by molar-refractivity contribution is -0.132. The molecule has 3 aromatic carbocycles. The van der Waals surface area contributed by atoms with Crippen LogP contribution in [0, 0.1) is 13.8 Å². The van der Waals surface area contributed by atoms with Crippen molar-refractivity contribution >= 4 is 46.3 Å². The van der Waals surface area contributed by atoms with E-state index in [1.165, 1.54) is 17.0 Å². The molecule has 1 fully saturated rings. The van der Waals surface area contributed by atoms with Gasteiger partial charge in [-0.3, -0.25) is 14.5 Å². The third kappa shape index (κ3) is 3.73. The van der Waals surface area contributed by atoms with E-state index >= 15 is 0 Å². The summed E-state index contributed by atoms with van der Waals surface area (Å²) in [5, 5.41) is 11.7. The Morgan fingerprint density at radius 3 is 2.29 bits per heavy atom. The van der Waals surface area contributed by atoms with Crippen LogP contribution in [0.5, 0.6) is 0 Å². The summed E-state index contributed by atoms with van der Waals surface area (Å²) >= 11 is 12.1. The van der Waals surface area contributed by atoms with Crippen LogP contribution in [0.1, 0.15) is 28.3 Å². The van der Waals surface area contributed by atoms with Crippen LogP contribution in [0.4, 0.5) is 5.69 Å². The lowest BCUT2D eigenvalue weighted by Crippen LogP contribution is -2.30. The Morgan fingerprint density at radius 2 is 1.61 bits per heavy atom. The van der Waals surface area contributed by atoms with Crippen molar-refractivity contribution in [3.8, 4) is 0 Å². The van der Waals surface area contributed by atoms with E-state index in [4.69, 9.17) is 23.2 Å². The van der Waals surface area contributed by atoms with Gasteiger partial charge >= 0.3 is 0 Å². The molecule has 4 nitrogen and oxygen atoms in total. The monoisotopic (exact) mass is 451 g/mol. The minimum Gasteiger partial charge on any atom is -0.507 e. The Kier molecular flexibility index (Phi) is 5.61. The fraction of sp³-hybridized carbons (Fsp3) is 0.120. The second kappa shape index (κ2) is 8.22. The number of Topliss-reactive ketones (excluding diaryl/α,β-unsaturated/α-hetero) is 1. The van der Waals surface area contributed by atoms with Crippen LogP contribution >= 0.6 is 23.2 Å². The van der Waals surface area contributed by atoms with E-state index in [9.17, 15) is 14.7 Å². The van der Waals surface area contributed by atoms with E-state index in [1.54, 1.807) is 6.07 Å². The second-order valence-corrected chi connectivity index (χ2v) is 8.31. The van der Waals surface area contributed by atoms with E-state index in [1.807, 2.05) is 62.4 Å². The summed E-state index contributed by atoms with van der Waals surface area (Å²) in [5.41, 5.74) is 3.47. The van der Waals surface area contributed by atoms with Gasteiger partial charge in [0, 0.05) is 11.3 Å². The van der Waals surface area contributed by atoms with Gasteiger partial charge in [-0.2, -0.15) is 0 Å². The van der Waals surface area contributed by atoms with E-state index in [0.717, 1.165) is 11.1 Å². The first kappa shape index (κ1) is 21.2. The number of ketones is 1. The van der Waals surface area contributed by atoms with Crippen molar-refractivity contribution in [2.24, 2.45) is 0 Å². The number of benzene rings is 3. The maximum Gasteiger partial charge on any atom is 0.300 e. The predicted molar refractivity (Wildman–Crippen MR) is 124 cm³/mol. The first-order valence-corrected chi connectivity index (χ1v) is 10.4. The molecule has 156 valence electrons. The molecular formula is C25H19Cl2NO3. The number of aryl methyl sites for hydroxylation is 2. The lowest BCUT2D eigenvalue weighted by Gasteiger charge is -2.27. The molecule has 6 heteroatoms. The second-order valence-electron chi connectivity index (χ2n) is 7.50. The highest BCUT2D eigenvalue weighted by atomic mass is 35.5. The number of anilines is 1. The zero-order chi connectivity index (χ0) is 22.3. The van der Waals surface area contributed by atoms with Crippen molar-refractivity contribution in [3.05, 3.63) is 105 Å². The number of carbonyl (C=O) groups is 2. The molecule has 31 heavy (non-hydrogen) atoms. The molecule has 1 amide bonds. The summed E-state index contributed by atoms with van der Waals surface area (Å²) < 4.78 is 0. The Morgan fingerprint density at radius 1 is 0.903 bits per heavy atom. The molecule has 0 aliphatic carbocycles. The summed E-state index contributed by atoms with van der Waals surface area (Å²) in [5.74, 6) is -1.74. The molecule has 1 atom stereocenters. The largest absolute Gasteiger partial charge is 0.507 e. The van der Waals surface area contributed by atoms with Gasteiger partial charge < -0.3 is 5.11 Å². The predicted octanol–water partition coefficient (Wildman–Crippen LogP) is 6.24. The first-order chi connectivity index (χ1) is 14.8. The molecule has 3 aromatic rings. The summed E-state index contributed by atoms with van der Waals surface area (Å²) in [6.45, 7) is 3.81. The number of aliphatic hydroxyl groups is 1. The van der Waals surface area contributed by atoms with E-state index < -0.39 is 17.7 Å². The lowest BCUT2D eigenvalue weighted by atomic mass is 9.95. The van der Waals surface area contributed by atoms with E-state index in [2.05, 4.69) is 0 Å². The highest BCUT2D eigenvalue weighted by molar-refractivity contribution is 6.52. The molecule has 1 heterocycles. The van der Waals surface area contributed by atoms with Crippen molar-refractivity contribution in [2.45, 2.75) is 19.9 Å². The molecule has 1 aliphatic rings. The third-order valence-corrected chi connectivity index (χ3v) is 6.12. The van der Waals surface area contributed by atoms with Crippen LogP contribution in [0.15, 0.2) is 72.3 Å². The van der Waals surface area contributed by atoms with Gasteiger partial charge in [0.05, 0.1) is 21.7 Å². The number of rotatable bonds is 3. The summed E-state index contributed by atoms with van der Waals surface area (Å²) in [6.07, 6.45) is 0. The number of carbonyl (C=O) groups excluding carboxylic acids is 2. The van der Waals surface area contributed by atoms with Crippen molar-refractivity contribution in [1.82, 2.24) is 0 Å². The SMILES string of the molecule is Cc1ccc(C)c(N2C(=O)C(=O)/C(=C(\O)c3ccc(Cl)c(Cl)c3)C2c2ccccc2)c1. The summed E-state index contributed by atoms with van der Waals surface area (Å²) in [4.78, 5) is 27.8. The zero-order valence-electron chi connectivity index (χ0n) is 16.9. The molecule has 4 rings (SSSR count). The average Bonchev–Trinajstić information content (AvgIpc) is 3.02. The van der Waals surface area contributed by atoms with Gasteiger partial charge in [0.15, 0.2) is 0 Å². The number of aliphatic hydroxyl groups excluding tert-OH is 1. The number of amides is 1.